The molecule has 7 heteroatoms. The number of nitrogens with zero attached hydrogens (tertiary/aromatic N) is 1. The van der Waals surface area contributed by atoms with Gasteiger partial charge in [-0.3, -0.25) is 9.78 Å². The molecule has 1 amide bonds. The van der Waals surface area contributed by atoms with Crippen LogP contribution >= 0.6 is 0 Å². The van der Waals surface area contributed by atoms with Crippen LogP contribution in [0.2, 0.25) is 0 Å². The summed E-state index contributed by atoms with van der Waals surface area (Å²) in [4.78, 5) is 15.7. The molecule has 0 radical (unpaired) electrons. The second-order valence-electron chi connectivity index (χ2n) is 4.27. The molecule has 0 spiro atoms. The maximum Gasteiger partial charge on any atom is 0.418 e. The molecule has 0 atom stereocenters. The molecule has 2 rings (SSSR count). The van der Waals surface area contributed by atoms with Crippen LogP contribution in [0.3, 0.4) is 0 Å². The van der Waals surface area contributed by atoms with Crippen LogP contribution in [0.1, 0.15) is 21.5 Å². The van der Waals surface area contributed by atoms with Gasteiger partial charge in [-0.2, -0.15) is 13.2 Å². The summed E-state index contributed by atoms with van der Waals surface area (Å²) in [6, 6.07) is 6.40. The van der Waals surface area contributed by atoms with Crippen LogP contribution < -0.4 is 11.1 Å². The van der Waals surface area contributed by atoms with Crippen molar-refractivity contribution in [3.8, 4) is 0 Å². The standard InChI is InChI=1S/C14H12F3N3O/c15-14(16,17)11-7-9(8-18)1-2-12(11)20-13(21)10-3-5-19-6-4-10/h1-7H,8,18H2,(H,20,21). The van der Waals surface area contributed by atoms with Gasteiger partial charge in [0.25, 0.3) is 5.91 Å². The molecule has 0 aliphatic rings. The van der Waals surface area contributed by atoms with Crippen molar-refractivity contribution >= 4 is 11.6 Å². The van der Waals surface area contributed by atoms with E-state index in [0.29, 0.717) is 5.56 Å². The summed E-state index contributed by atoms with van der Waals surface area (Å²) in [5, 5.41) is 2.26. The van der Waals surface area contributed by atoms with Crippen LogP contribution in [-0.4, -0.2) is 10.9 Å². The van der Waals surface area contributed by atoms with Gasteiger partial charge >= 0.3 is 6.18 Å². The third kappa shape index (κ3) is 3.57. The van der Waals surface area contributed by atoms with E-state index in [1.54, 1.807) is 0 Å². The van der Waals surface area contributed by atoms with E-state index in [2.05, 4.69) is 10.3 Å². The van der Waals surface area contributed by atoms with Crippen molar-refractivity contribution < 1.29 is 18.0 Å². The first-order chi connectivity index (χ1) is 9.91. The SMILES string of the molecule is NCc1ccc(NC(=O)c2ccncc2)c(C(F)(F)F)c1. The maximum atomic E-state index is 13.0. The van der Waals surface area contributed by atoms with Crippen molar-refractivity contribution in [2.75, 3.05) is 5.32 Å². The monoisotopic (exact) mass is 295 g/mol. The molecule has 0 fully saturated rings. The fourth-order valence-electron chi connectivity index (χ4n) is 1.76. The number of nitrogens with two attached hydrogens (primary N) is 1. The Balaban J connectivity index is 2.34. The first-order valence-electron chi connectivity index (χ1n) is 6.03. The quantitative estimate of drug-likeness (QED) is 0.915. The van der Waals surface area contributed by atoms with Crippen molar-refractivity contribution in [2.45, 2.75) is 12.7 Å². The van der Waals surface area contributed by atoms with Gasteiger partial charge in [-0.1, -0.05) is 6.07 Å². The van der Waals surface area contributed by atoms with E-state index in [0.717, 1.165) is 6.07 Å². The molecule has 2 aromatic rings. The third-order valence-electron chi connectivity index (χ3n) is 2.82. The van der Waals surface area contributed by atoms with E-state index in [4.69, 9.17) is 5.73 Å². The Bertz CT molecular complexity index is 642. The Morgan fingerprint density at radius 3 is 2.43 bits per heavy atom. The van der Waals surface area contributed by atoms with Gasteiger partial charge in [0.1, 0.15) is 0 Å². The van der Waals surface area contributed by atoms with Crippen LogP contribution in [0.25, 0.3) is 0 Å². The zero-order valence-electron chi connectivity index (χ0n) is 10.8. The Morgan fingerprint density at radius 1 is 1.19 bits per heavy atom. The van der Waals surface area contributed by atoms with E-state index in [-0.39, 0.29) is 17.8 Å². The van der Waals surface area contributed by atoms with E-state index in [9.17, 15) is 18.0 Å². The highest BCUT2D eigenvalue weighted by molar-refractivity contribution is 6.04. The molecule has 3 N–H and O–H groups in total. The molecule has 0 aliphatic heterocycles. The number of anilines is 1. The second kappa shape index (κ2) is 5.92. The number of benzene rings is 1. The number of pyridine rings is 1. The highest BCUT2D eigenvalue weighted by Gasteiger charge is 2.34. The van der Waals surface area contributed by atoms with Crippen molar-refractivity contribution in [2.24, 2.45) is 5.73 Å². The molecule has 0 unspecified atom stereocenters. The summed E-state index contributed by atoms with van der Waals surface area (Å²) in [6.07, 6.45) is -1.81. The fourth-order valence-corrected chi connectivity index (χ4v) is 1.76. The van der Waals surface area contributed by atoms with Crippen molar-refractivity contribution in [1.82, 2.24) is 4.98 Å². The minimum Gasteiger partial charge on any atom is -0.326 e. The van der Waals surface area contributed by atoms with Gasteiger partial charge in [0.15, 0.2) is 0 Å². The molecule has 1 aromatic carbocycles. The highest BCUT2D eigenvalue weighted by atomic mass is 19.4. The smallest absolute Gasteiger partial charge is 0.326 e. The summed E-state index contributed by atoms with van der Waals surface area (Å²) in [5.74, 6) is -0.636. The number of amides is 1. The first-order valence-corrected chi connectivity index (χ1v) is 6.03. The van der Waals surface area contributed by atoms with Gasteiger partial charge in [-0.05, 0) is 29.8 Å². The Morgan fingerprint density at radius 2 is 1.86 bits per heavy atom. The molecule has 0 aliphatic carbocycles. The van der Waals surface area contributed by atoms with Crippen LogP contribution in [0.15, 0.2) is 42.7 Å². The van der Waals surface area contributed by atoms with Crippen LogP contribution in [-0.2, 0) is 12.7 Å². The molecular weight excluding hydrogens is 283 g/mol. The number of alkyl halides is 3. The average molecular weight is 295 g/mol. The Labute approximate surface area is 118 Å². The lowest BCUT2D eigenvalue weighted by Gasteiger charge is -2.15. The number of rotatable bonds is 3. The largest absolute Gasteiger partial charge is 0.418 e. The summed E-state index contributed by atoms with van der Waals surface area (Å²) in [5.41, 5.74) is 4.68. The molecule has 0 saturated carbocycles. The Hall–Kier alpha value is -2.41. The van der Waals surface area contributed by atoms with Crippen LogP contribution in [0, 0.1) is 0 Å². The predicted octanol–water partition coefficient (Wildman–Crippen LogP) is 2.81. The van der Waals surface area contributed by atoms with Crippen molar-refractivity contribution in [1.29, 1.82) is 0 Å². The van der Waals surface area contributed by atoms with E-state index in [1.807, 2.05) is 0 Å². The average Bonchev–Trinajstić information content (AvgIpc) is 2.47. The summed E-state index contributed by atoms with van der Waals surface area (Å²) < 4.78 is 39.0. The maximum absolute atomic E-state index is 13.0. The number of aromatic nitrogens is 1. The number of hydrogen-bond donors (Lipinski definition) is 2. The van der Waals surface area contributed by atoms with Crippen LogP contribution in [0.4, 0.5) is 18.9 Å². The lowest BCUT2D eigenvalue weighted by atomic mass is 10.1. The van der Waals surface area contributed by atoms with E-state index >= 15 is 0 Å². The molecule has 110 valence electrons. The minimum absolute atomic E-state index is 0.0122. The van der Waals surface area contributed by atoms with Crippen molar-refractivity contribution in [3.63, 3.8) is 0 Å². The van der Waals surface area contributed by atoms with Gasteiger partial charge in [0, 0.05) is 24.5 Å². The Kier molecular flexibility index (Phi) is 4.23. The number of carbonyl (C=O) groups is 1. The van der Waals surface area contributed by atoms with Gasteiger partial charge in [0.2, 0.25) is 0 Å². The molecule has 0 saturated heterocycles. The molecule has 0 bridgehead atoms. The van der Waals surface area contributed by atoms with Gasteiger partial charge in [-0.25, -0.2) is 0 Å². The molecule has 1 aromatic heterocycles. The lowest BCUT2D eigenvalue weighted by molar-refractivity contribution is -0.137. The van der Waals surface area contributed by atoms with Crippen molar-refractivity contribution in [3.05, 3.63) is 59.4 Å². The molecule has 4 nitrogen and oxygen atoms in total. The lowest BCUT2D eigenvalue weighted by Crippen LogP contribution is -2.17. The predicted molar refractivity (Wildman–Crippen MR) is 71.5 cm³/mol. The number of nitrogens with one attached hydrogen (secondary N) is 1. The summed E-state index contributed by atoms with van der Waals surface area (Å²) in [7, 11) is 0. The van der Waals surface area contributed by atoms with E-state index < -0.39 is 17.6 Å². The van der Waals surface area contributed by atoms with Gasteiger partial charge in [-0.15, -0.1) is 0 Å². The number of halogens is 3. The fraction of sp³-hybridized carbons (Fsp3) is 0.143. The molecular formula is C14H12F3N3O. The van der Waals surface area contributed by atoms with E-state index in [1.165, 1.54) is 36.7 Å². The molecule has 1 heterocycles. The summed E-state index contributed by atoms with van der Waals surface area (Å²) >= 11 is 0. The van der Waals surface area contributed by atoms with Gasteiger partial charge in [0.05, 0.1) is 11.3 Å². The van der Waals surface area contributed by atoms with Crippen LogP contribution in [0.5, 0.6) is 0 Å². The molecule has 21 heavy (non-hydrogen) atoms. The first kappa shape index (κ1) is 15.0. The highest BCUT2D eigenvalue weighted by Crippen LogP contribution is 2.35. The number of hydrogen-bond acceptors (Lipinski definition) is 3. The normalized spacial score (nSPS) is 11.2. The zero-order chi connectivity index (χ0) is 15.5. The minimum atomic E-state index is -4.58. The van der Waals surface area contributed by atoms with Gasteiger partial charge < -0.3 is 11.1 Å². The third-order valence-corrected chi connectivity index (χ3v) is 2.82. The topological polar surface area (TPSA) is 68.0 Å². The zero-order valence-corrected chi connectivity index (χ0v) is 10.8. The summed E-state index contributed by atoms with van der Waals surface area (Å²) in [6.45, 7) is -0.0122. The second-order valence-corrected chi connectivity index (χ2v) is 4.27. The number of carbonyl (C=O) groups excluding carboxylic acids is 1.